The highest BCUT2D eigenvalue weighted by Gasteiger charge is 2.13. The molecule has 1 atom stereocenters. The summed E-state index contributed by atoms with van der Waals surface area (Å²) in [5.74, 6) is 0.930. The number of nitrogens with one attached hydrogen (secondary N) is 1. The Morgan fingerprint density at radius 2 is 1.81 bits per heavy atom. The van der Waals surface area contributed by atoms with Gasteiger partial charge in [0.2, 0.25) is 0 Å². The first kappa shape index (κ1) is 18.0. The predicted molar refractivity (Wildman–Crippen MR) is 88.0 cm³/mol. The van der Waals surface area contributed by atoms with Crippen LogP contribution >= 0.6 is 0 Å². The van der Waals surface area contributed by atoms with E-state index in [1.165, 1.54) is 5.56 Å². The minimum absolute atomic E-state index is 0.322. The molecule has 0 aliphatic heterocycles. The quantitative estimate of drug-likeness (QED) is 0.636. The highest BCUT2D eigenvalue weighted by molar-refractivity contribution is 5.29. The molecular formula is C17H30N2O2. The van der Waals surface area contributed by atoms with Gasteiger partial charge in [-0.15, -0.1) is 0 Å². The maximum atomic E-state index is 5.49. The molecule has 1 rings (SSSR count). The van der Waals surface area contributed by atoms with Crippen LogP contribution in [0.2, 0.25) is 0 Å². The zero-order valence-corrected chi connectivity index (χ0v) is 13.9. The molecule has 4 nitrogen and oxygen atoms in total. The molecule has 0 bridgehead atoms. The van der Waals surface area contributed by atoms with Gasteiger partial charge < -0.3 is 14.8 Å². The summed E-state index contributed by atoms with van der Waals surface area (Å²) in [7, 11) is 2.01. The van der Waals surface area contributed by atoms with E-state index in [1.54, 1.807) is 0 Å². The average molecular weight is 294 g/mol. The molecule has 0 heterocycles. The molecule has 4 heteroatoms. The summed E-state index contributed by atoms with van der Waals surface area (Å²) in [5.41, 5.74) is 1.29. The van der Waals surface area contributed by atoms with Crippen LogP contribution in [0.3, 0.4) is 0 Å². The molecule has 0 spiro atoms. The number of rotatable bonds is 11. The Kier molecular flexibility index (Phi) is 9.06. The highest BCUT2D eigenvalue weighted by atomic mass is 16.5. The molecular weight excluding hydrogens is 264 g/mol. The number of benzene rings is 1. The summed E-state index contributed by atoms with van der Waals surface area (Å²) >= 11 is 0. The summed E-state index contributed by atoms with van der Waals surface area (Å²) in [6.45, 7) is 11.5. The van der Waals surface area contributed by atoms with Gasteiger partial charge in [-0.1, -0.05) is 19.1 Å². The summed E-state index contributed by atoms with van der Waals surface area (Å²) in [6.07, 6.45) is 0. The lowest BCUT2D eigenvalue weighted by Crippen LogP contribution is -2.35. The van der Waals surface area contributed by atoms with E-state index >= 15 is 0 Å². The van der Waals surface area contributed by atoms with Crippen molar-refractivity contribution < 1.29 is 9.47 Å². The standard InChI is InChI=1S/C17H30N2O2/c1-5-19(12-13-20-6-2)14-17(18-4)15-8-10-16(11-9-15)21-7-3/h8-11,17-18H,5-7,12-14H2,1-4H3. The van der Waals surface area contributed by atoms with E-state index in [-0.39, 0.29) is 0 Å². The van der Waals surface area contributed by atoms with Gasteiger partial charge in [0.25, 0.3) is 0 Å². The lowest BCUT2D eigenvalue weighted by Gasteiger charge is -2.26. The smallest absolute Gasteiger partial charge is 0.119 e. The minimum atomic E-state index is 0.322. The Labute approximate surface area is 129 Å². The Bertz CT molecular complexity index is 368. The van der Waals surface area contributed by atoms with Crippen LogP contribution in [0.4, 0.5) is 0 Å². The molecule has 1 aromatic rings. The van der Waals surface area contributed by atoms with Gasteiger partial charge in [-0.25, -0.2) is 0 Å². The molecule has 1 unspecified atom stereocenters. The molecule has 21 heavy (non-hydrogen) atoms. The molecule has 0 fully saturated rings. The van der Waals surface area contributed by atoms with E-state index in [4.69, 9.17) is 9.47 Å². The molecule has 1 N–H and O–H groups in total. The van der Waals surface area contributed by atoms with Crippen molar-refractivity contribution in [3.63, 3.8) is 0 Å². The van der Waals surface area contributed by atoms with Crippen molar-refractivity contribution in [3.05, 3.63) is 29.8 Å². The summed E-state index contributed by atoms with van der Waals surface area (Å²) in [4.78, 5) is 2.41. The Hall–Kier alpha value is -1.10. The Morgan fingerprint density at radius 3 is 2.33 bits per heavy atom. The van der Waals surface area contributed by atoms with Crippen LogP contribution < -0.4 is 10.1 Å². The van der Waals surface area contributed by atoms with E-state index in [0.29, 0.717) is 12.6 Å². The molecule has 1 aromatic carbocycles. The first-order valence-corrected chi connectivity index (χ1v) is 7.95. The molecule has 0 radical (unpaired) electrons. The van der Waals surface area contributed by atoms with E-state index in [9.17, 15) is 0 Å². The SMILES string of the molecule is CCOCCN(CC)CC(NC)c1ccc(OCC)cc1. The van der Waals surface area contributed by atoms with Crippen molar-refractivity contribution in [2.45, 2.75) is 26.8 Å². The van der Waals surface area contributed by atoms with E-state index < -0.39 is 0 Å². The van der Waals surface area contributed by atoms with E-state index in [1.807, 2.05) is 33.0 Å². The Balaban J connectivity index is 2.59. The first-order chi connectivity index (χ1) is 10.2. The second-order valence-corrected chi connectivity index (χ2v) is 4.93. The largest absolute Gasteiger partial charge is 0.494 e. The van der Waals surface area contributed by atoms with Crippen molar-refractivity contribution in [1.29, 1.82) is 0 Å². The lowest BCUT2D eigenvalue weighted by atomic mass is 10.1. The molecule has 0 aliphatic carbocycles. The molecule has 0 saturated carbocycles. The maximum Gasteiger partial charge on any atom is 0.119 e. The van der Waals surface area contributed by atoms with E-state index in [2.05, 4.69) is 29.3 Å². The third-order valence-electron chi connectivity index (χ3n) is 3.59. The number of hydrogen-bond acceptors (Lipinski definition) is 4. The van der Waals surface area contributed by atoms with Crippen molar-refractivity contribution >= 4 is 0 Å². The fourth-order valence-corrected chi connectivity index (χ4v) is 2.30. The van der Waals surface area contributed by atoms with Gasteiger partial charge in [-0.2, -0.15) is 0 Å². The monoisotopic (exact) mass is 294 g/mol. The average Bonchev–Trinajstić information content (AvgIpc) is 2.52. The second-order valence-electron chi connectivity index (χ2n) is 4.93. The van der Waals surface area contributed by atoms with Crippen LogP contribution in [0, 0.1) is 0 Å². The topological polar surface area (TPSA) is 33.7 Å². The zero-order valence-electron chi connectivity index (χ0n) is 13.9. The van der Waals surface area contributed by atoms with Gasteiger partial charge >= 0.3 is 0 Å². The normalized spacial score (nSPS) is 12.6. The van der Waals surface area contributed by atoms with Gasteiger partial charge in [0.05, 0.1) is 13.2 Å². The number of ether oxygens (including phenoxy) is 2. The van der Waals surface area contributed by atoms with E-state index in [0.717, 1.165) is 38.6 Å². The summed E-state index contributed by atoms with van der Waals surface area (Å²) in [6, 6.07) is 8.69. The Morgan fingerprint density at radius 1 is 1.10 bits per heavy atom. The van der Waals surface area contributed by atoms with Crippen LogP contribution in [-0.2, 0) is 4.74 Å². The third kappa shape index (κ3) is 6.46. The zero-order chi connectivity index (χ0) is 15.5. The van der Waals surface area contributed by atoms with Crippen LogP contribution in [0.5, 0.6) is 5.75 Å². The molecule has 0 amide bonds. The summed E-state index contributed by atoms with van der Waals surface area (Å²) < 4.78 is 10.9. The first-order valence-electron chi connectivity index (χ1n) is 7.95. The van der Waals surface area contributed by atoms with Crippen molar-refractivity contribution in [2.24, 2.45) is 0 Å². The number of likely N-dealkylation sites (N-methyl/N-ethyl adjacent to an activating group) is 2. The number of hydrogen-bond donors (Lipinski definition) is 1. The van der Waals surface area contributed by atoms with Crippen molar-refractivity contribution in [1.82, 2.24) is 10.2 Å². The molecule has 0 aliphatic rings. The minimum Gasteiger partial charge on any atom is -0.494 e. The maximum absolute atomic E-state index is 5.49. The van der Waals surface area contributed by atoms with Crippen LogP contribution in [-0.4, -0.2) is 51.4 Å². The van der Waals surface area contributed by atoms with Gasteiger partial charge in [-0.05, 0) is 45.1 Å². The third-order valence-corrected chi connectivity index (χ3v) is 3.59. The van der Waals surface area contributed by atoms with Gasteiger partial charge in [0, 0.05) is 25.7 Å². The fourth-order valence-electron chi connectivity index (χ4n) is 2.30. The van der Waals surface area contributed by atoms with Gasteiger partial charge in [0.1, 0.15) is 5.75 Å². The fraction of sp³-hybridized carbons (Fsp3) is 0.647. The molecule has 0 saturated heterocycles. The molecule has 0 aromatic heterocycles. The van der Waals surface area contributed by atoms with Crippen LogP contribution in [0.15, 0.2) is 24.3 Å². The summed E-state index contributed by atoms with van der Waals surface area (Å²) in [5, 5.41) is 3.40. The lowest BCUT2D eigenvalue weighted by molar-refractivity contribution is 0.111. The van der Waals surface area contributed by atoms with Crippen LogP contribution in [0.1, 0.15) is 32.4 Å². The van der Waals surface area contributed by atoms with Gasteiger partial charge in [-0.3, -0.25) is 4.90 Å². The number of nitrogens with zero attached hydrogens (tertiary/aromatic N) is 1. The highest BCUT2D eigenvalue weighted by Crippen LogP contribution is 2.18. The predicted octanol–water partition coefficient (Wildman–Crippen LogP) is 2.70. The van der Waals surface area contributed by atoms with Crippen molar-refractivity contribution in [3.8, 4) is 5.75 Å². The molecule has 120 valence electrons. The van der Waals surface area contributed by atoms with Gasteiger partial charge in [0.15, 0.2) is 0 Å². The van der Waals surface area contributed by atoms with Crippen LogP contribution in [0.25, 0.3) is 0 Å². The van der Waals surface area contributed by atoms with Crippen molar-refractivity contribution in [2.75, 3.05) is 46.5 Å². The second kappa shape index (κ2) is 10.6.